The maximum Gasteiger partial charge on any atom is 0.309 e. The van der Waals surface area contributed by atoms with Crippen molar-refractivity contribution in [3.63, 3.8) is 0 Å². The second kappa shape index (κ2) is 7.22. The van der Waals surface area contributed by atoms with E-state index in [0.29, 0.717) is 6.42 Å². The minimum Gasteiger partial charge on any atom is -0.481 e. The van der Waals surface area contributed by atoms with E-state index in [1.165, 1.54) is 0 Å². The zero-order chi connectivity index (χ0) is 14.3. The van der Waals surface area contributed by atoms with Gasteiger partial charge in [0.1, 0.15) is 6.04 Å². The maximum absolute atomic E-state index is 11.8. The predicted octanol–water partition coefficient (Wildman–Crippen LogP) is 1.46. The Morgan fingerprint density at radius 2 is 2.00 bits per heavy atom. The van der Waals surface area contributed by atoms with Gasteiger partial charge < -0.3 is 10.4 Å². The van der Waals surface area contributed by atoms with E-state index in [0.717, 1.165) is 5.56 Å². The van der Waals surface area contributed by atoms with Gasteiger partial charge in [-0.3, -0.25) is 9.59 Å². The highest BCUT2D eigenvalue weighted by molar-refractivity contribution is 5.80. The zero-order valence-corrected chi connectivity index (χ0v) is 10.8. The molecule has 1 aromatic carbocycles. The molecule has 0 spiro atoms. The lowest BCUT2D eigenvalue weighted by Gasteiger charge is -2.19. The summed E-state index contributed by atoms with van der Waals surface area (Å²) in [6, 6.07) is 8.43. The minimum atomic E-state index is -0.995. The number of terminal acetylenes is 1. The molecule has 0 aliphatic rings. The third kappa shape index (κ3) is 4.47. The van der Waals surface area contributed by atoms with E-state index >= 15 is 0 Å². The van der Waals surface area contributed by atoms with Crippen LogP contribution in [0.15, 0.2) is 30.3 Å². The highest BCUT2D eigenvalue weighted by Gasteiger charge is 2.26. The summed E-state index contributed by atoms with van der Waals surface area (Å²) in [6.45, 7) is 1.73. The first-order chi connectivity index (χ1) is 9.08. The lowest BCUT2D eigenvalue weighted by molar-refractivity contribution is -0.142. The van der Waals surface area contributed by atoms with Crippen molar-refractivity contribution < 1.29 is 14.7 Å². The molecule has 4 nitrogen and oxygen atoms in total. The summed E-state index contributed by atoms with van der Waals surface area (Å²) in [4.78, 5) is 22.8. The molecule has 0 fully saturated rings. The lowest BCUT2D eigenvalue weighted by atomic mass is 9.97. The van der Waals surface area contributed by atoms with Gasteiger partial charge in [-0.2, -0.15) is 0 Å². The fraction of sp³-hybridized carbons (Fsp3) is 0.333. The Hall–Kier alpha value is -2.28. The number of aliphatic carboxylic acids is 1. The van der Waals surface area contributed by atoms with E-state index in [2.05, 4.69) is 11.2 Å². The van der Waals surface area contributed by atoms with Crippen LogP contribution in [0.1, 0.15) is 18.9 Å². The van der Waals surface area contributed by atoms with Crippen LogP contribution in [0.25, 0.3) is 0 Å². The van der Waals surface area contributed by atoms with Crippen LogP contribution in [0.2, 0.25) is 0 Å². The van der Waals surface area contributed by atoms with Crippen molar-refractivity contribution in [1.82, 2.24) is 5.32 Å². The molecule has 1 amide bonds. The maximum atomic E-state index is 11.8. The van der Waals surface area contributed by atoms with Crippen molar-refractivity contribution in [2.24, 2.45) is 5.92 Å². The Bertz CT molecular complexity index is 476. The molecule has 1 aromatic rings. The smallest absolute Gasteiger partial charge is 0.309 e. The second-order valence-electron chi connectivity index (χ2n) is 4.23. The van der Waals surface area contributed by atoms with Crippen LogP contribution in [0.4, 0.5) is 0 Å². The fourth-order valence-electron chi connectivity index (χ4n) is 1.82. The number of rotatable bonds is 6. The van der Waals surface area contributed by atoms with E-state index in [-0.39, 0.29) is 12.3 Å². The average molecular weight is 259 g/mol. The highest BCUT2D eigenvalue weighted by Crippen LogP contribution is 2.09. The van der Waals surface area contributed by atoms with Crippen molar-refractivity contribution in [3.8, 4) is 12.3 Å². The summed E-state index contributed by atoms with van der Waals surface area (Å²) in [6.07, 6.45) is 5.86. The van der Waals surface area contributed by atoms with Crippen LogP contribution in [0.3, 0.4) is 0 Å². The standard InChI is InChI=1S/C15H17NO3/c1-3-12(15(18)19)13(4-2)16-14(17)10-11-8-6-5-7-9-11/h2,5-9,12-13H,3,10H2,1H3,(H,16,17)(H,18,19). The number of hydrogen-bond donors (Lipinski definition) is 2. The SMILES string of the molecule is C#CC(NC(=O)Cc1ccccc1)C(CC)C(=O)O. The van der Waals surface area contributed by atoms with Gasteiger partial charge in [0.2, 0.25) is 5.91 Å². The Morgan fingerprint density at radius 3 is 2.47 bits per heavy atom. The minimum absolute atomic E-state index is 0.190. The normalized spacial score (nSPS) is 13.1. The van der Waals surface area contributed by atoms with Gasteiger partial charge in [-0.05, 0) is 12.0 Å². The van der Waals surface area contributed by atoms with Crippen LogP contribution in [-0.4, -0.2) is 23.0 Å². The summed E-state index contributed by atoms with van der Waals surface area (Å²) in [5.74, 6) is 0.314. The number of carboxylic acid groups (broad SMARTS) is 1. The number of benzene rings is 1. The van der Waals surface area contributed by atoms with Crippen molar-refractivity contribution >= 4 is 11.9 Å². The number of carbonyl (C=O) groups is 2. The molecule has 0 aliphatic carbocycles. The fourth-order valence-corrected chi connectivity index (χ4v) is 1.82. The summed E-state index contributed by atoms with van der Waals surface area (Å²) in [5, 5.41) is 11.6. The number of carboxylic acids is 1. The molecule has 1 rings (SSSR count). The number of carbonyl (C=O) groups excluding carboxylic acids is 1. The Morgan fingerprint density at radius 1 is 1.37 bits per heavy atom. The molecule has 0 aromatic heterocycles. The van der Waals surface area contributed by atoms with Crippen molar-refractivity contribution in [3.05, 3.63) is 35.9 Å². The average Bonchev–Trinajstić information content (AvgIpc) is 2.39. The zero-order valence-electron chi connectivity index (χ0n) is 10.8. The van der Waals surface area contributed by atoms with Gasteiger partial charge in [-0.15, -0.1) is 6.42 Å². The van der Waals surface area contributed by atoms with Gasteiger partial charge in [0.05, 0.1) is 12.3 Å². The molecule has 100 valence electrons. The Balaban J connectivity index is 2.64. The van der Waals surface area contributed by atoms with Gasteiger partial charge in [0.25, 0.3) is 0 Å². The van der Waals surface area contributed by atoms with E-state index in [9.17, 15) is 9.59 Å². The van der Waals surface area contributed by atoms with Crippen LogP contribution in [0, 0.1) is 18.3 Å². The number of amides is 1. The lowest BCUT2D eigenvalue weighted by Crippen LogP contribution is -2.42. The van der Waals surface area contributed by atoms with Crippen molar-refractivity contribution in [2.75, 3.05) is 0 Å². The van der Waals surface area contributed by atoms with E-state index in [1.807, 2.05) is 30.3 Å². The second-order valence-corrected chi connectivity index (χ2v) is 4.23. The molecular weight excluding hydrogens is 242 g/mol. The van der Waals surface area contributed by atoms with E-state index in [1.54, 1.807) is 6.92 Å². The van der Waals surface area contributed by atoms with Gasteiger partial charge in [0.15, 0.2) is 0 Å². The molecule has 0 bridgehead atoms. The molecule has 0 radical (unpaired) electrons. The summed E-state index contributed by atoms with van der Waals surface area (Å²) >= 11 is 0. The van der Waals surface area contributed by atoms with Crippen LogP contribution >= 0.6 is 0 Å². The van der Waals surface area contributed by atoms with Gasteiger partial charge >= 0.3 is 5.97 Å². The Kier molecular flexibility index (Phi) is 5.62. The monoisotopic (exact) mass is 259 g/mol. The summed E-state index contributed by atoms with van der Waals surface area (Å²) < 4.78 is 0. The van der Waals surface area contributed by atoms with Crippen molar-refractivity contribution in [1.29, 1.82) is 0 Å². The van der Waals surface area contributed by atoms with Gasteiger partial charge in [0, 0.05) is 0 Å². The molecule has 2 unspecified atom stereocenters. The molecule has 2 atom stereocenters. The van der Waals surface area contributed by atoms with Crippen LogP contribution in [0.5, 0.6) is 0 Å². The predicted molar refractivity (Wildman–Crippen MR) is 72.3 cm³/mol. The number of nitrogens with one attached hydrogen (secondary N) is 1. The molecule has 2 N–H and O–H groups in total. The first-order valence-corrected chi connectivity index (χ1v) is 6.10. The van der Waals surface area contributed by atoms with Gasteiger partial charge in [-0.1, -0.05) is 43.2 Å². The molecule has 0 saturated heterocycles. The molecule has 0 aliphatic heterocycles. The third-order valence-corrected chi connectivity index (χ3v) is 2.86. The van der Waals surface area contributed by atoms with E-state index < -0.39 is 17.9 Å². The van der Waals surface area contributed by atoms with Crippen LogP contribution in [-0.2, 0) is 16.0 Å². The van der Waals surface area contributed by atoms with Gasteiger partial charge in [-0.25, -0.2) is 0 Å². The first-order valence-electron chi connectivity index (χ1n) is 6.10. The molecule has 0 saturated carbocycles. The largest absolute Gasteiger partial charge is 0.481 e. The summed E-state index contributed by atoms with van der Waals surface area (Å²) in [5.41, 5.74) is 0.860. The quantitative estimate of drug-likeness (QED) is 0.760. The van der Waals surface area contributed by atoms with Crippen LogP contribution < -0.4 is 5.32 Å². The Labute approximate surface area is 112 Å². The molecule has 4 heteroatoms. The first kappa shape index (κ1) is 14.8. The topological polar surface area (TPSA) is 66.4 Å². The van der Waals surface area contributed by atoms with Crippen molar-refractivity contribution in [2.45, 2.75) is 25.8 Å². The van der Waals surface area contributed by atoms with E-state index in [4.69, 9.17) is 11.5 Å². The molecule has 0 heterocycles. The number of hydrogen-bond acceptors (Lipinski definition) is 2. The highest BCUT2D eigenvalue weighted by atomic mass is 16.4. The molecule has 19 heavy (non-hydrogen) atoms. The third-order valence-electron chi connectivity index (χ3n) is 2.86. The summed E-state index contributed by atoms with van der Waals surface area (Å²) in [7, 11) is 0. The molecular formula is C15H17NO3.